The molecule has 0 fully saturated rings. The number of aryl methyl sites for hydroxylation is 2. The van der Waals surface area contributed by atoms with E-state index in [1.807, 2.05) is 6.07 Å². The molecule has 0 saturated carbocycles. The van der Waals surface area contributed by atoms with Gasteiger partial charge in [0.2, 0.25) is 0 Å². The summed E-state index contributed by atoms with van der Waals surface area (Å²) in [4.78, 5) is 4.18. The van der Waals surface area contributed by atoms with E-state index in [0.717, 1.165) is 0 Å². The van der Waals surface area contributed by atoms with E-state index < -0.39 is 5.82 Å². The molecule has 0 spiro atoms. The van der Waals surface area contributed by atoms with Gasteiger partial charge < -0.3 is 0 Å². The second-order valence-electron chi connectivity index (χ2n) is 4.88. The van der Waals surface area contributed by atoms with Crippen molar-refractivity contribution in [2.24, 2.45) is 0 Å². The first-order valence-corrected chi connectivity index (χ1v) is 6.36. The minimum Gasteiger partial charge on any atom is -0.300 e. The summed E-state index contributed by atoms with van der Waals surface area (Å²) < 4.78 is 28.7. The fourth-order valence-electron chi connectivity index (χ4n) is 2.29. The second kappa shape index (κ2) is 4.67. The molecule has 0 bridgehead atoms. The highest BCUT2D eigenvalue weighted by molar-refractivity contribution is 5.88. The lowest BCUT2D eigenvalue weighted by Crippen LogP contribution is -1.99. The lowest BCUT2D eigenvalue weighted by atomic mass is 10.1. The number of nitrogens with zero attached hydrogens (tertiary/aromatic N) is 3. The summed E-state index contributed by atoms with van der Waals surface area (Å²) >= 11 is 0. The third kappa shape index (κ3) is 2.05. The number of halogens is 2. The Morgan fingerprint density at radius 2 is 1.90 bits per heavy atom. The first kappa shape index (κ1) is 13.3. The molecule has 0 N–H and O–H groups in total. The molecule has 2 heterocycles. The minimum absolute atomic E-state index is 0.270. The van der Waals surface area contributed by atoms with Gasteiger partial charge in [0, 0.05) is 11.6 Å². The summed E-state index contributed by atoms with van der Waals surface area (Å²) in [6.07, 6.45) is 1.59. The van der Waals surface area contributed by atoms with Crippen LogP contribution in [-0.4, -0.2) is 9.55 Å². The quantitative estimate of drug-likeness (QED) is 0.681. The number of pyridine rings is 1. The van der Waals surface area contributed by atoms with E-state index in [9.17, 15) is 14.0 Å². The average molecular weight is 283 g/mol. The summed E-state index contributed by atoms with van der Waals surface area (Å²) in [6, 6.07) is 7.90. The maximum absolute atomic E-state index is 13.7. The third-order valence-corrected chi connectivity index (χ3v) is 3.46. The second-order valence-corrected chi connectivity index (χ2v) is 4.88. The number of benzene rings is 1. The van der Waals surface area contributed by atoms with E-state index in [-0.39, 0.29) is 11.5 Å². The van der Waals surface area contributed by atoms with Crippen molar-refractivity contribution < 1.29 is 8.78 Å². The zero-order valence-electron chi connectivity index (χ0n) is 11.5. The van der Waals surface area contributed by atoms with Crippen molar-refractivity contribution in [2.45, 2.75) is 13.8 Å². The largest absolute Gasteiger partial charge is 0.300 e. The zero-order valence-corrected chi connectivity index (χ0v) is 11.5. The predicted octanol–water partition coefficient (Wildman–Crippen LogP) is 3.79. The van der Waals surface area contributed by atoms with Crippen LogP contribution in [-0.2, 0) is 0 Å². The van der Waals surface area contributed by atoms with Crippen LogP contribution < -0.4 is 0 Å². The van der Waals surface area contributed by atoms with Crippen LogP contribution in [0.5, 0.6) is 0 Å². The fraction of sp³-hybridized carbons (Fsp3) is 0.125. The topological polar surface area (TPSA) is 41.6 Å². The van der Waals surface area contributed by atoms with Crippen LogP contribution in [0.15, 0.2) is 30.5 Å². The monoisotopic (exact) mass is 283 g/mol. The molecule has 3 nitrogen and oxygen atoms in total. The Hall–Kier alpha value is -2.74. The molecular formula is C16H11F2N3. The standard InChI is InChI=1S/C16H11F2N3/c1-9-5-15-12(6-14(9)18)11(7-19)8-21(15)16-4-3-13(17)10(2)20-16/h3-6,8H,1-2H3. The Morgan fingerprint density at radius 1 is 1.14 bits per heavy atom. The highest BCUT2D eigenvalue weighted by Crippen LogP contribution is 2.26. The van der Waals surface area contributed by atoms with Gasteiger partial charge >= 0.3 is 0 Å². The van der Waals surface area contributed by atoms with Gasteiger partial charge in [-0.05, 0) is 43.7 Å². The molecule has 1 aromatic carbocycles. The molecule has 0 atom stereocenters. The maximum Gasteiger partial charge on any atom is 0.144 e. The predicted molar refractivity (Wildman–Crippen MR) is 75.2 cm³/mol. The van der Waals surface area contributed by atoms with E-state index in [1.54, 1.807) is 30.7 Å². The van der Waals surface area contributed by atoms with E-state index in [4.69, 9.17) is 0 Å². The molecule has 0 saturated heterocycles. The van der Waals surface area contributed by atoms with Gasteiger partial charge in [-0.3, -0.25) is 4.57 Å². The van der Waals surface area contributed by atoms with Gasteiger partial charge in [0.05, 0.1) is 16.8 Å². The molecule has 0 aliphatic heterocycles. The smallest absolute Gasteiger partial charge is 0.144 e. The first-order valence-electron chi connectivity index (χ1n) is 6.36. The molecule has 2 aromatic heterocycles. The van der Waals surface area contributed by atoms with Gasteiger partial charge in [-0.25, -0.2) is 13.8 Å². The minimum atomic E-state index is -0.391. The Balaban J connectivity index is 2.35. The van der Waals surface area contributed by atoms with E-state index in [2.05, 4.69) is 4.98 Å². The van der Waals surface area contributed by atoms with Gasteiger partial charge in [0.15, 0.2) is 0 Å². The van der Waals surface area contributed by atoms with Crippen molar-refractivity contribution in [1.82, 2.24) is 9.55 Å². The molecule has 104 valence electrons. The van der Waals surface area contributed by atoms with Gasteiger partial charge in [0.1, 0.15) is 23.5 Å². The van der Waals surface area contributed by atoms with Crippen molar-refractivity contribution in [3.05, 3.63) is 58.9 Å². The van der Waals surface area contributed by atoms with Crippen LogP contribution >= 0.6 is 0 Å². The number of nitriles is 1. The van der Waals surface area contributed by atoms with Crippen LogP contribution in [0.1, 0.15) is 16.8 Å². The van der Waals surface area contributed by atoms with E-state index >= 15 is 0 Å². The van der Waals surface area contributed by atoms with Crippen LogP contribution in [0.4, 0.5) is 8.78 Å². The van der Waals surface area contributed by atoms with Crippen LogP contribution in [0, 0.1) is 36.8 Å². The molecular weight excluding hydrogens is 272 g/mol. The number of rotatable bonds is 1. The fourth-order valence-corrected chi connectivity index (χ4v) is 2.29. The SMILES string of the molecule is Cc1cc2c(cc1F)c(C#N)cn2-c1ccc(F)c(C)n1. The van der Waals surface area contributed by atoms with Crippen molar-refractivity contribution in [2.75, 3.05) is 0 Å². The Labute approximate surface area is 120 Å². The van der Waals surface area contributed by atoms with Gasteiger partial charge in [-0.15, -0.1) is 0 Å². The number of hydrogen-bond donors (Lipinski definition) is 0. The highest BCUT2D eigenvalue weighted by atomic mass is 19.1. The van der Waals surface area contributed by atoms with Gasteiger partial charge in [0.25, 0.3) is 0 Å². The van der Waals surface area contributed by atoms with E-state index in [0.29, 0.717) is 27.8 Å². The van der Waals surface area contributed by atoms with Crippen molar-refractivity contribution in [3.8, 4) is 11.9 Å². The Kier molecular flexibility index (Phi) is 2.95. The Morgan fingerprint density at radius 3 is 2.57 bits per heavy atom. The normalized spacial score (nSPS) is 10.8. The third-order valence-electron chi connectivity index (χ3n) is 3.46. The van der Waals surface area contributed by atoms with Crippen LogP contribution in [0.25, 0.3) is 16.7 Å². The molecule has 3 rings (SSSR count). The molecule has 0 radical (unpaired) electrons. The molecule has 0 unspecified atom stereocenters. The van der Waals surface area contributed by atoms with Gasteiger partial charge in [-0.1, -0.05) is 0 Å². The lowest BCUT2D eigenvalue weighted by Gasteiger charge is -2.06. The van der Waals surface area contributed by atoms with Crippen LogP contribution in [0.3, 0.4) is 0 Å². The molecule has 21 heavy (non-hydrogen) atoms. The maximum atomic E-state index is 13.7. The number of hydrogen-bond acceptors (Lipinski definition) is 2. The highest BCUT2D eigenvalue weighted by Gasteiger charge is 2.13. The summed E-state index contributed by atoms with van der Waals surface area (Å²) in [5, 5.41) is 9.71. The van der Waals surface area contributed by atoms with E-state index in [1.165, 1.54) is 18.2 Å². The van der Waals surface area contributed by atoms with Crippen LogP contribution in [0.2, 0.25) is 0 Å². The molecule has 0 aliphatic rings. The Bertz CT molecular complexity index is 904. The molecule has 0 amide bonds. The van der Waals surface area contributed by atoms with Crippen molar-refractivity contribution >= 4 is 10.9 Å². The summed E-state index contributed by atoms with van der Waals surface area (Å²) in [5.41, 5.74) is 1.77. The first-order chi connectivity index (χ1) is 10.0. The number of fused-ring (bicyclic) bond motifs is 1. The van der Waals surface area contributed by atoms with Crippen molar-refractivity contribution in [3.63, 3.8) is 0 Å². The van der Waals surface area contributed by atoms with Gasteiger partial charge in [-0.2, -0.15) is 5.26 Å². The van der Waals surface area contributed by atoms with Crippen molar-refractivity contribution in [1.29, 1.82) is 5.26 Å². The molecule has 3 aromatic rings. The lowest BCUT2D eigenvalue weighted by molar-refractivity contribution is 0.608. The molecule has 0 aliphatic carbocycles. The average Bonchev–Trinajstić information content (AvgIpc) is 2.80. The zero-order chi connectivity index (χ0) is 15.1. The number of aromatic nitrogens is 2. The summed E-state index contributed by atoms with van der Waals surface area (Å²) in [7, 11) is 0. The summed E-state index contributed by atoms with van der Waals surface area (Å²) in [5.74, 6) is -0.260. The summed E-state index contributed by atoms with van der Waals surface area (Å²) in [6.45, 7) is 3.22. The molecule has 5 heteroatoms.